The van der Waals surface area contributed by atoms with Crippen LogP contribution in [0, 0.1) is 0 Å². The lowest BCUT2D eigenvalue weighted by Crippen LogP contribution is -2.17. The summed E-state index contributed by atoms with van der Waals surface area (Å²) in [6, 6.07) is 0. The Bertz CT molecular complexity index is 882. The molecule has 1 N–H and O–H groups in total. The first-order chi connectivity index (χ1) is 11.8. The largest absolute Gasteiger partial charge is 0.360 e. The van der Waals surface area contributed by atoms with Gasteiger partial charge in [-0.3, -0.25) is 9.89 Å². The summed E-state index contributed by atoms with van der Waals surface area (Å²) in [5, 5.41) is 11.8. The summed E-state index contributed by atoms with van der Waals surface area (Å²) in [6.45, 7) is 2.09. The lowest BCUT2D eigenvalue weighted by molar-refractivity contribution is -0.121. The van der Waals surface area contributed by atoms with Gasteiger partial charge in [0.05, 0.1) is 17.5 Å². The lowest BCUT2D eigenvalue weighted by atomic mass is 9.83. The molecule has 7 heteroatoms. The fraction of sp³-hybridized carbons (Fsp3) is 0.471. The summed E-state index contributed by atoms with van der Waals surface area (Å²) in [7, 11) is 0. The molecule has 24 heavy (non-hydrogen) atoms. The summed E-state index contributed by atoms with van der Waals surface area (Å²) >= 11 is 0. The molecule has 1 aliphatic rings. The van der Waals surface area contributed by atoms with Crippen molar-refractivity contribution in [3.05, 3.63) is 23.7 Å². The van der Waals surface area contributed by atoms with Crippen LogP contribution in [-0.2, 0) is 11.2 Å². The van der Waals surface area contributed by atoms with Gasteiger partial charge >= 0.3 is 0 Å². The van der Waals surface area contributed by atoms with E-state index in [1.165, 1.54) is 0 Å². The second-order valence-electron chi connectivity index (χ2n) is 6.26. The highest BCUT2D eigenvalue weighted by molar-refractivity contribution is 5.86. The van der Waals surface area contributed by atoms with Crippen molar-refractivity contribution >= 4 is 16.8 Å². The molecule has 3 heterocycles. The number of ketones is 1. The molecule has 3 aromatic rings. The molecule has 0 saturated carbocycles. The topological polar surface area (TPSA) is 97.6 Å². The van der Waals surface area contributed by atoms with Gasteiger partial charge in [0.15, 0.2) is 22.9 Å². The number of aromatic amines is 1. The van der Waals surface area contributed by atoms with Gasteiger partial charge in [-0.25, -0.2) is 9.97 Å². The van der Waals surface area contributed by atoms with Crippen LogP contribution in [0.3, 0.4) is 0 Å². The molecule has 0 aliphatic heterocycles. The SMILES string of the molecule is CCCCC(=O)C1CCCc2c(-c3ncc4cn[nH]c4n3)noc21. The standard InChI is InChI=1S/C17H19N5O2/c1-2-3-7-13(23)11-5-4-6-12-14(22-24-15(11)12)17-18-8-10-9-19-21-16(10)20-17/h8-9,11H,2-7H2,1H3,(H,18,19,20,21). The Morgan fingerprint density at radius 2 is 2.33 bits per heavy atom. The summed E-state index contributed by atoms with van der Waals surface area (Å²) in [5.74, 6) is 1.31. The van der Waals surface area contributed by atoms with Gasteiger partial charge in [0.25, 0.3) is 0 Å². The first kappa shape index (κ1) is 15.0. The minimum Gasteiger partial charge on any atom is -0.360 e. The van der Waals surface area contributed by atoms with Crippen LogP contribution < -0.4 is 0 Å². The van der Waals surface area contributed by atoms with Crippen LogP contribution in [-0.4, -0.2) is 31.1 Å². The van der Waals surface area contributed by atoms with E-state index < -0.39 is 0 Å². The second kappa shape index (κ2) is 6.14. The molecule has 0 saturated heterocycles. The molecule has 1 aliphatic carbocycles. The highest BCUT2D eigenvalue weighted by Gasteiger charge is 2.33. The molecule has 0 aromatic carbocycles. The predicted octanol–water partition coefficient (Wildman–Crippen LogP) is 3.19. The molecule has 0 spiro atoms. The normalized spacial score (nSPS) is 17.1. The van der Waals surface area contributed by atoms with E-state index in [9.17, 15) is 4.79 Å². The predicted molar refractivity (Wildman–Crippen MR) is 87.4 cm³/mol. The van der Waals surface area contributed by atoms with Crippen LogP contribution >= 0.6 is 0 Å². The van der Waals surface area contributed by atoms with E-state index in [1.807, 2.05) is 0 Å². The number of aromatic nitrogens is 5. The zero-order valence-corrected chi connectivity index (χ0v) is 13.6. The summed E-state index contributed by atoms with van der Waals surface area (Å²) in [6.07, 6.45) is 8.58. The van der Waals surface area contributed by atoms with E-state index in [-0.39, 0.29) is 11.7 Å². The maximum atomic E-state index is 12.5. The number of rotatable bonds is 5. The van der Waals surface area contributed by atoms with Crippen molar-refractivity contribution in [2.24, 2.45) is 0 Å². The lowest BCUT2D eigenvalue weighted by Gasteiger charge is -2.19. The van der Waals surface area contributed by atoms with Crippen molar-refractivity contribution in [2.45, 2.75) is 51.4 Å². The van der Waals surface area contributed by atoms with Crippen molar-refractivity contribution in [3.63, 3.8) is 0 Å². The van der Waals surface area contributed by atoms with Crippen molar-refractivity contribution in [1.82, 2.24) is 25.3 Å². The van der Waals surface area contributed by atoms with Crippen LogP contribution in [0.2, 0.25) is 0 Å². The third kappa shape index (κ3) is 2.50. The third-order valence-electron chi connectivity index (χ3n) is 4.62. The number of carbonyl (C=O) groups excluding carboxylic acids is 1. The zero-order chi connectivity index (χ0) is 16.5. The number of nitrogens with one attached hydrogen (secondary N) is 1. The van der Waals surface area contributed by atoms with E-state index in [2.05, 4.69) is 32.2 Å². The minimum absolute atomic E-state index is 0.169. The Morgan fingerprint density at radius 3 is 3.21 bits per heavy atom. The zero-order valence-electron chi connectivity index (χ0n) is 13.6. The molecule has 7 nitrogen and oxygen atoms in total. The fourth-order valence-electron chi connectivity index (χ4n) is 3.31. The number of carbonyl (C=O) groups is 1. The molecular formula is C17H19N5O2. The number of unbranched alkanes of at least 4 members (excludes halogenated alkanes) is 1. The Labute approximate surface area is 138 Å². The maximum absolute atomic E-state index is 12.5. The highest BCUT2D eigenvalue weighted by atomic mass is 16.5. The molecule has 4 rings (SSSR count). The van der Waals surface area contributed by atoms with Gasteiger partial charge < -0.3 is 4.52 Å². The average molecular weight is 325 g/mol. The van der Waals surface area contributed by atoms with Gasteiger partial charge in [0.1, 0.15) is 5.78 Å². The van der Waals surface area contributed by atoms with Gasteiger partial charge in [-0.15, -0.1) is 0 Å². The molecule has 124 valence electrons. The van der Waals surface area contributed by atoms with Crippen molar-refractivity contribution in [1.29, 1.82) is 0 Å². The van der Waals surface area contributed by atoms with Crippen LogP contribution in [0.25, 0.3) is 22.6 Å². The number of nitrogens with zero attached hydrogens (tertiary/aromatic N) is 4. The van der Waals surface area contributed by atoms with E-state index >= 15 is 0 Å². The quantitative estimate of drug-likeness (QED) is 0.773. The van der Waals surface area contributed by atoms with E-state index in [4.69, 9.17) is 4.52 Å². The van der Waals surface area contributed by atoms with Gasteiger partial charge in [0.2, 0.25) is 0 Å². The number of H-pyrrole nitrogens is 1. The van der Waals surface area contributed by atoms with Crippen LogP contribution in [0.4, 0.5) is 0 Å². The summed E-state index contributed by atoms with van der Waals surface area (Å²) in [5.41, 5.74) is 2.30. The third-order valence-corrected chi connectivity index (χ3v) is 4.62. The number of hydrogen-bond donors (Lipinski definition) is 1. The minimum atomic E-state index is -0.169. The second-order valence-corrected chi connectivity index (χ2v) is 6.26. The molecular weight excluding hydrogens is 306 g/mol. The number of Topliss-reactive ketones (excluding diaryl/α,β-unsaturated/α-hetero) is 1. The smallest absolute Gasteiger partial charge is 0.184 e. The first-order valence-electron chi connectivity index (χ1n) is 8.45. The van der Waals surface area contributed by atoms with Crippen LogP contribution in [0.5, 0.6) is 0 Å². The molecule has 0 amide bonds. The molecule has 0 bridgehead atoms. The molecule has 1 unspecified atom stereocenters. The van der Waals surface area contributed by atoms with Crippen molar-refractivity contribution in [3.8, 4) is 11.5 Å². The molecule has 3 aromatic heterocycles. The summed E-state index contributed by atoms with van der Waals surface area (Å²) in [4.78, 5) is 21.3. The fourth-order valence-corrected chi connectivity index (χ4v) is 3.31. The van der Waals surface area contributed by atoms with Crippen LogP contribution in [0.15, 0.2) is 16.9 Å². The Morgan fingerprint density at radius 1 is 1.42 bits per heavy atom. The van der Waals surface area contributed by atoms with Crippen molar-refractivity contribution < 1.29 is 9.32 Å². The molecule has 0 fully saturated rings. The van der Waals surface area contributed by atoms with E-state index in [0.717, 1.165) is 43.1 Å². The monoisotopic (exact) mass is 325 g/mol. The maximum Gasteiger partial charge on any atom is 0.184 e. The Kier molecular flexibility index (Phi) is 3.84. The van der Waals surface area contributed by atoms with Gasteiger partial charge in [-0.1, -0.05) is 18.5 Å². The summed E-state index contributed by atoms with van der Waals surface area (Å²) < 4.78 is 5.57. The first-order valence-corrected chi connectivity index (χ1v) is 8.45. The van der Waals surface area contributed by atoms with Gasteiger partial charge in [-0.2, -0.15) is 5.10 Å². The van der Waals surface area contributed by atoms with E-state index in [1.54, 1.807) is 12.4 Å². The molecule has 0 radical (unpaired) electrons. The average Bonchev–Trinajstić information content (AvgIpc) is 3.24. The Hall–Kier alpha value is -2.57. The molecule has 1 atom stereocenters. The number of hydrogen-bond acceptors (Lipinski definition) is 6. The van der Waals surface area contributed by atoms with Crippen molar-refractivity contribution in [2.75, 3.05) is 0 Å². The van der Waals surface area contributed by atoms with Gasteiger partial charge in [0, 0.05) is 18.2 Å². The highest BCUT2D eigenvalue weighted by Crippen LogP contribution is 2.37. The van der Waals surface area contributed by atoms with Crippen LogP contribution in [0.1, 0.15) is 56.3 Å². The number of fused-ring (bicyclic) bond motifs is 2. The van der Waals surface area contributed by atoms with E-state index in [0.29, 0.717) is 29.3 Å². The van der Waals surface area contributed by atoms with Gasteiger partial charge in [-0.05, 0) is 25.7 Å². The Balaban J connectivity index is 1.69.